The zero-order valence-corrected chi connectivity index (χ0v) is 16.8. The average Bonchev–Trinajstić information content (AvgIpc) is 3.00. The summed E-state index contributed by atoms with van der Waals surface area (Å²) in [6.45, 7) is 2.41. The third-order valence-corrected chi connectivity index (χ3v) is 6.77. The van der Waals surface area contributed by atoms with E-state index in [1.165, 1.54) is 38.5 Å². The topological polar surface area (TPSA) is 75.5 Å². The van der Waals surface area contributed by atoms with E-state index in [-0.39, 0.29) is 34.8 Å². The summed E-state index contributed by atoms with van der Waals surface area (Å²) in [5.41, 5.74) is 1.08. The summed E-state index contributed by atoms with van der Waals surface area (Å²) in [5, 5.41) is 4.13. The summed E-state index contributed by atoms with van der Waals surface area (Å²) < 4.78 is 41.1. The van der Waals surface area contributed by atoms with Gasteiger partial charge in [-0.25, -0.2) is 17.1 Å². The first-order chi connectivity index (χ1) is 12.6. The van der Waals surface area contributed by atoms with Crippen molar-refractivity contribution in [2.75, 3.05) is 14.1 Å². The zero-order valence-electron chi connectivity index (χ0n) is 15.2. The SMILES string of the molecule is C[C@H]1Cn2ncc(S(=O)(=O)N(C)C)c2CN1C(=O)Cc1ccc(F)c(Cl)c1. The van der Waals surface area contributed by atoms with Crippen LogP contribution in [0.25, 0.3) is 0 Å². The molecule has 3 rings (SSSR count). The van der Waals surface area contributed by atoms with Crippen molar-refractivity contribution < 1.29 is 17.6 Å². The molecule has 0 saturated heterocycles. The Kier molecular flexibility index (Phi) is 5.29. The van der Waals surface area contributed by atoms with E-state index in [0.717, 1.165) is 4.31 Å². The van der Waals surface area contributed by atoms with Crippen LogP contribution in [0.15, 0.2) is 29.3 Å². The molecule has 0 aliphatic carbocycles. The summed E-state index contributed by atoms with van der Waals surface area (Å²) in [6.07, 6.45) is 1.37. The van der Waals surface area contributed by atoms with E-state index in [1.54, 1.807) is 9.58 Å². The van der Waals surface area contributed by atoms with Crippen LogP contribution in [0, 0.1) is 5.82 Å². The van der Waals surface area contributed by atoms with Crippen molar-refractivity contribution in [2.24, 2.45) is 0 Å². The summed E-state index contributed by atoms with van der Waals surface area (Å²) in [4.78, 5) is 14.5. The van der Waals surface area contributed by atoms with Gasteiger partial charge in [-0.2, -0.15) is 5.10 Å². The summed E-state index contributed by atoms with van der Waals surface area (Å²) in [6, 6.07) is 4.01. The van der Waals surface area contributed by atoms with Crippen LogP contribution in [-0.4, -0.2) is 53.4 Å². The molecule has 0 radical (unpaired) electrons. The molecular formula is C17H20ClFN4O3S. The van der Waals surface area contributed by atoms with E-state index in [1.807, 2.05) is 6.92 Å². The highest BCUT2D eigenvalue weighted by Gasteiger charge is 2.33. The van der Waals surface area contributed by atoms with Crippen LogP contribution in [0.5, 0.6) is 0 Å². The maximum Gasteiger partial charge on any atom is 0.246 e. The van der Waals surface area contributed by atoms with Gasteiger partial charge in [0.15, 0.2) is 0 Å². The predicted molar refractivity (Wildman–Crippen MR) is 98.2 cm³/mol. The number of benzene rings is 1. The smallest absolute Gasteiger partial charge is 0.246 e. The van der Waals surface area contributed by atoms with Crippen LogP contribution in [-0.2, 0) is 34.3 Å². The fraction of sp³-hybridized carbons (Fsp3) is 0.412. The lowest BCUT2D eigenvalue weighted by Gasteiger charge is -2.34. The first-order valence-corrected chi connectivity index (χ1v) is 10.1. The molecule has 0 saturated carbocycles. The highest BCUT2D eigenvalue weighted by molar-refractivity contribution is 7.89. The van der Waals surface area contributed by atoms with Crippen LogP contribution in [0.2, 0.25) is 5.02 Å². The van der Waals surface area contributed by atoms with Crippen molar-refractivity contribution in [2.45, 2.75) is 37.4 Å². The molecule has 2 heterocycles. The number of fused-ring (bicyclic) bond motifs is 1. The number of amides is 1. The molecule has 10 heteroatoms. The standard InChI is InChI=1S/C17H20ClFN4O3S/c1-11-9-23-15(16(8-20-23)27(25,26)21(2)3)10-22(11)17(24)7-12-4-5-14(19)13(18)6-12/h4-6,8,11H,7,9-10H2,1-3H3/t11-/m0/s1. The van der Waals surface area contributed by atoms with Gasteiger partial charge in [0.25, 0.3) is 0 Å². The van der Waals surface area contributed by atoms with Gasteiger partial charge in [-0.05, 0) is 24.6 Å². The lowest BCUT2D eigenvalue weighted by atomic mass is 10.1. The van der Waals surface area contributed by atoms with Gasteiger partial charge in [-0.3, -0.25) is 9.48 Å². The fourth-order valence-corrected chi connectivity index (χ4v) is 4.29. The van der Waals surface area contributed by atoms with Gasteiger partial charge in [-0.1, -0.05) is 17.7 Å². The van der Waals surface area contributed by atoms with Crippen molar-refractivity contribution >= 4 is 27.5 Å². The second-order valence-electron chi connectivity index (χ2n) is 6.72. The Morgan fingerprint density at radius 1 is 1.41 bits per heavy atom. The molecule has 27 heavy (non-hydrogen) atoms. The zero-order chi connectivity index (χ0) is 19.9. The second-order valence-corrected chi connectivity index (χ2v) is 9.25. The third-order valence-electron chi connectivity index (χ3n) is 4.62. The summed E-state index contributed by atoms with van der Waals surface area (Å²) in [7, 11) is -0.757. The molecule has 0 bridgehead atoms. The first-order valence-electron chi connectivity index (χ1n) is 8.32. The Labute approximate surface area is 162 Å². The highest BCUT2D eigenvalue weighted by Crippen LogP contribution is 2.26. The van der Waals surface area contributed by atoms with E-state index in [9.17, 15) is 17.6 Å². The monoisotopic (exact) mass is 414 g/mol. The van der Waals surface area contributed by atoms with Crippen LogP contribution >= 0.6 is 11.6 Å². The highest BCUT2D eigenvalue weighted by atomic mass is 35.5. The van der Waals surface area contributed by atoms with Crippen molar-refractivity contribution in [1.82, 2.24) is 19.0 Å². The van der Waals surface area contributed by atoms with Crippen LogP contribution in [0.1, 0.15) is 18.2 Å². The van der Waals surface area contributed by atoms with E-state index in [4.69, 9.17) is 11.6 Å². The molecule has 0 fully saturated rings. The number of hydrogen-bond acceptors (Lipinski definition) is 4. The summed E-state index contributed by atoms with van der Waals surface area (Å²) in [5.74, 6) is -0.729. The van der Waals surface area contributed by atoms with Gasteiger partial charge < -0.3 is 4.90 Å². The molecule has 1 atom stereocenters. The van der Waals surface area contributed by atoms with Gasteiger partial charge in [-0.15, -0.1) is 0 Å². The molecule has 1 aliphatic rings. The maximum absolute atomic E-state index is 13.3. The lowest BCUT2D eigenvalue weighted by Crippen LogP contribution is -2.46. The van der Waals surface area contributed by atoms with Gasteiger partial charge in [0.05, 0.1) is 36.4 Å². The Bertz CT molecular complexity index is 990. The van der Waals surface area contributed by atoms with E-state index < -0.39 is 15.8 Å². The normalized spacial score (nSPS) is 17.3. The number of rotatable bonds is 4. The van der Waals surface area contributed by atoms with Crippen molar-refractivity contribution in [3.8, 4) is 0 Å². The third kappa shape index (κ3) is 3.71. The number of halogens is 2. The number of carbonyl (C=O) groups is 1. The Balaban J connectivity index is 1.86. The molecule has 1 amide bonds. The van der Waals surface area contributed by atoms with E-state index in [2.05, 4.69) is 5.10 Å². The van der Waals surface area contributed by atoms with Crippen LogP contribution in [0.4, 0.5) is 4.39 Å². The Morgan fingerprint density at radius 3 is 2.74 bits per heavy atom. The number of hydrogen-bond donors (Lipinski definition) is 0. The van der Waals surface area contributed by atoms with Gasteiger partial charge >= 0.3 is 0 Å². The van der Waals surface area contributed by atoms with E-state index >= 15 is 0 Å². The number of nitrogens with zero attached hydrogens (tertiary/aromatic N) is 4. The molecule has 0 N–H and O–H groups in total. The lowest BCUT2D eigenvalue weighted by molar-refractivity contribution is -0.134. The van der Waals surface area contributed by atoms with Crippen LogP contribution in [0.3, 0.4) is 0 Å². The van der Waals surface area contributed by atoms with Crippen LogP contribution < -0.4 is 0 Å². The molecule has 0 spiro atoms. The van der Waals surface area contributed by atoms with Gasteiger partial charge in [0, 0.05) is 20.1 Å². The predicted octanol–water partition coefficient (Wildman–Crippen LogP) is 1.90. The maximum atomic E-state index is 13.3. The minimum Gasteiger partial charge on any atom is -0.332 e. The average molecular weight is 415 g/mol. The second kappa shape index (κ2) is 7.21. The minimum atomic E-state index is -3.66. The molecule has 1 aliphatic heterocycles. The molecule has 1 aromatic carbocycles. The fourth-order valence-electron chi connectivity index (χ4n) is 3.05. The van der Waals surface area contributed by atoms with Gasteiger partial charge in [0.2, 0.25) is 15.9 Å². The quantitative estimate of drug-likeness (QED) is 0.765. The molecule has 0 unspecified atom stereocenters. The molecule has 2 aromatic rings. The van der Waals surface area contributed by atoms with Crippen molar-refractivity contribution in [1.29, 1.82) is 0 Å². The number of sulfonamides is 1. The molecule has 146 valence electrons. The Morgan fingerprint density at radius 2 is 2.11 bits per heavy atom. The van der Waals surface area contributed by atoms with Crippen molar-refractivity contribution in [3.63, 3.8) is 0 Å². The summed E-state index contributed by atoms with van der Waals surface area (Å²) >= 11 is 5.78. The largest absolute Gasteiger partial charge is 0.332 e. The molecule has 1 aromatic heterocycles. The molecule has 7 nitrogen and oxygen atoms in total. The first kappa shape index (κ1) is 19.8. The minimum absolute atomic E-state index is 0.0376. The Hall–Kier alpha value is -1.97. The van der Waals surface area contributed by atoms with Gasteiger partial charge in [0.1, 0.15) is 10.7 Å². The molecular weight excluding hydrogens is 395 g/mol. The number of carbonyl (C=O) groups excluding carboxylic acids is 1. The van der Waals surface area contributed by atoms with E-state index in [0.29, 0.717) is 17.8 Å². The van der Waals surface area contributed by atoms with Crippen molar-refractivity contribution in [3.05, 3.63) is 46.5 Å². The number of aromatic nitrogens is 2.